The molecule has 0 aromatic heterocycles. The molecular formula is C22H28F2N4. The Labute approximate surface area is 166 Å². The minimum atomic E-state index is -0.616. The molecule has 6 heteroatoms. The minimum Gasteiger partial charge on any atom is -0.359 e. The molecule has 0 radical (unpaired) electrons. The highest BCUT2D eigenvalue weighted by atomic mass is 19.1. The molecule has 0 atom stereocenters. The van der Waals surface area contributed by atoms with Crippen LogP contribution in [0.3, 0.4) is 0 Å². The van der Waals surface area contributed by atoms with E-state index in [1.54, 1.807) is 19.1 Å². The molecule has 0 saturated carbocycles. The van der Waals surface area contributed by atoms with Gasteiger partial charge in [-0.3, -0.25) is 0 Å². The number of rotatable bonds is 9. The van der Waals surface area contributed by atoms with Gasteiger partial charge in [-0.05, 0) is 43.0 Å². The van der Waals surface area contributed by atoms with E-state index in [-0.39, 0.29) is 35.2 Å². The van der Waals surface area contributed by atoms with E-state index >= 15 is 0 Å². The summed E-state index contributed by atoms with van der Waals surface area (Å²) in [6.45, 7) is 11.4. The van der Waals surface area contributed by atoms with Crippen molar-refractivity contribution in [3.8, 4) is 6.07 Å². The van der Waals surface area contributed by atoms with Gasteiger partial charge in [0.25, 0.3) is 0 Å². The van der Waals surface area contributed by atoms with Crippen molar-refractivity contribution in [2.24, 2.45) is 11.7 Å². The van der Waals surface area contributed by atoms with E-state index in [4.69, 9.17) is 5.73 Å². The van der Waals surface area contributed by atoms with Crippen molar-refractivity contribution >= 4 is 5.69 Å². The largest absolute Gasteiger partial charge is 0.359 e. The summed E-state index contributed by atoms with van der Waals surface area (Å²) in [4.78, 5) is 0. The summed E-state index contributed by atoms with van der Waals surface area (Å²) in [6.07, 6.45) is 3.56. The number of benzene rings is 1. The molecule has 1 aromatic rings. The Balaban J connectivity index is 3.01. The van der Waals surface area contributed by atoms with Crippen molar-refractivity contribution in [2.75, 3.05) is 11.9 Å². The Morgan fingerprint density at radius 1 is 1.39 bits per heavy atom. The molecule has 0 aliphatic heterocycles. The molecule has 0 fully saturated rings. The second-order valence-electron chi connectivity index (χ2n) is 6.67. The predicted molar refractivity (Wildman–Crippen MR) is 111 cm³/mol. The Hall–Kier alpha value is -2.91. The summed E-state index contributed by atoms with van der Waals surface area (Å²) in [5, 5.41) is 15.1. The topological polar surface area (TPSA) is 73.9 Å². The second-order valence-corrected chi connectivity index (χ2v) is 6.67. The zero-order valence-corrected chi connectivity index (χ0v) is 16.9. The number of hydrogen-bond acceptors (Lipinski definition) is 4. The van der Waals surface area contributed by atoms with Gasteiger partial charge in [0, 0.05) is 29.3 Å². The molecule has 0 heterocycles. The highest BCUT2D eigenvalue weighted by Crippen LogP contribution is 2.20. The van der Waals surface area contributed by atoms with E-state index in [0.29, 0.717) is 23.4 Å². The van der Waals surface area contributed by atoms with Crippen molar-refractivity contribution in [1.82, 2.24) is 5.32 Å². The van der Waals surface area contributed by atoms with Gasteiger partial charge in [-0.15, -0.1) is 0 Å². The lowest BCUT2D eigenvalue weighted by atomic mass is 10.1. The predicted octanol–water partition coefficient (Wildman–Crippen LogP) is 5.05. The van der Waals surface area contributed by atoms with Crippen LogP contribution in [0, 0.1) is 23.1 Å². The highest BCUT2D eigenvalue weighted by Gasteiger charge is 2.09. The number of halogens is 2. The van der Waals surface area contributed by atoms with Gasteiger partial charge in [-0.25, -0.2) is 8.78 Å². The third kappa shape index (κ3) is 7.01. The van der Waals surface area contributed by atoms with Gasteiger partial charge < -0.3 is 16.4 Å². The van der Waals surface area contributed by atoms with Gasteiger partial charge in [0.2, 0.25) is 0 Å². The summed E-state index contributed by atoms with van der Waals surface area (Å²) in [5.41, 5.74) is 7.79. The van der Waals surface area contributed by atoms with Crippen molar-refractivity contribution in [3.05, 3.63) is 76.8 Å². The van der Waals surface area contributed by atoms with Crippen molar-refractivity contribution in [2.45, 2.75) is 34.1 Å². The fraction of sp³-hybridized carbons (Fsp3) is 0.318. The smallest absolute Gasteiger partial charge is 0.143 e. The number of aryl methyl sites for hydroxylation is 1. The molecule has 0 saturated heterocycles. The Morgan fingerprint density at radius 3 is 2.57 bits per heavy atom. The van der Waals surface area contributed by atoms with Crippen LogP contribution in [0.5, 0.6) is 0 Å². The molecule has 150 valence electrons. The quantitative estimate of drug-likeness (QED) is 0.410. The van der Waals surface area contributed by atoms with Crippen LogP contribution in [0.1, 0.15) is 33.3 Å². The number of hydrogen-bond donors (Lipinski definition) is 3. The summed E-state index contributed by atoms with van der Waals surface area (Å²) in [7, 11) is 0. The lowest BCUT2D eigenvalue weighted by Crippen LogP contribution is -2.20. The number of nitrogens with one attached hydrogen (secondary N) is 2. The zero-order chi connectivity index (χ0) is 21.3. The highest BCUT2D eigenvalue weighted by molar-refractivity contribution is 5.57. The number of nitriles is 1. The SMILES string of the molecule is C=C(Nc1ccc(CC)c(F)c1)/C(C#N)=C\C(F)=C(/C)N/C(=C/C(C)C)CN. The molecule has 4 nitrogen and oxygen atoms in total. The van der Waals surface area contributed by atoms with Crippen LogP contribution in [0.25, 0.3) is 0 Å². The fourth-order valence-electron chi connectivity index (χ4n) is 2.44. The average Bonchev–Trinajstić information content (AvgIpc) is 2.64. The van der Waals surface area contributed by atoms with Gasteiger partial charge >= 0.3 is 0 Å². The number of nitrogens with zero attached hydrogens (tertiary/aromatic N) is 1. The molecule has 0 bridgehead atoms. The van der Waals surface area contributed by atoms with Crippen molar-refractivity contribution in [1.29, 1.82) is 5.26 Å². The Morgan fingerprint density at radius 2 is 2.07 bits per heavy atom. The first-order valence-electron chi connectivity index (χ1n) is 9.12. The lowest BCUT2D eigenvalue weighted by Gasteiger charge is -2.12. The molecule has 0 amide bonds. The van der Waals surface area contributed by atoms with E-state index in [9.17, 15) is 14.0 Å². The van der Waals surface area contributed by atoms with Gasteiger partial charge in [0.15, 0.2) is 0 Å². The maximum Gasteiger partial charge on any atom is 0.143 e. The van der Waals surface area contributed by atoms with E-state index in [1.165, 1.54) is 6.07 Å². The first kappa shape index (κ1) is 23.1. The van der Waals surface area contributed by atoms with Crippen molar-refractivity contribution in [3.63, 3.8) is 0 Å². The zero-order valence-electron chi connectivity index (χ0n) is 16.9. The van der Waals surface area contributed by atoms with E-state index in [0.717, 1.165) is 6.08 Å². The van der Waals surface area contributed by atoms with Gasteiger partial charge in [0.05, 0.1) is 5.57 Å². The maximum absolute atomic E-state index is 14.5. The standard InChI is InChI=1S/C22H28F2N4/c1-6-17-7-8-19(11-22(17)24)27-15(4)18(12-25)10-21(23)16(5)28-20(13-26)9-14(2)3/h7-11,14,27-28H,4,6,13,26H2,1-3,5H3/b18-10-,20-9+,21-16-. The normalized spacial score (nSPS) is 13.1. The molecule has 28 heavy (non-hydrogen) atoms. The monoisotopic (exact) mass is 386 g/mol. The molecule has 1 aromatic carbocycles. The van der Waals surface area contributed by atoms with Crippen LogP contribution < -0.4 is 16.4 Å². The van der Waals surface area contributed by atoms with Crippen LogP contribution in [-0.2, 0) is 6.42 Å². The fourth-order valence-corrected chi connectivity index (χ4v) is 2.44. The van der Waals surface area contributed by atoms with Crippen LogP contribution >= 0.6 is 0 Å². The van der Waals surface area contributed by atoms with E-state index in [2.05, 4.69) is 17.2 Å². The molecule has 0 aliphatic rings. The number of anilines is 1. The maximum atomic E-state index is 14.5. The first-order valence-corrected chi connectivity index (χ1v) is 9.12. The van der Waals surface area contributed by atoms with Crippen LogP contribution in [-0.4, -0.2) is 6.54 Å². The van der Waals surface area contributed by atoms with E-state index in [1.807, 2.05) is 32.9 Å². The van der Waals surface area contributed by atoms with Gasteiger partial charge in [-0.2, -0.15) is 5.26 Å². The van der Waals surface area contributed by atoms with E-state index < -0.39 is 5.83 Å². The third-order valence-electron chi connectivity index (χ3n) is 3.91. The Bertz CT molecular complexity index is 843. The molecule has 1 rings (SSSR count). The first-order chi connectivity index (χ1) is 13.2. The second kappa shape index (κ2) is 11.1. The average molecular weight is 386 g/mol. The molecule has 0 aliphatic carbocycles. The molecule has 4 N–H and O–H groups in total. The third-order valence-corrected chi connectivity index (χ3v) is 3.91. The van der Waals surface area contributed by atoms with Crippen LogP contribution in [0.15, 0.2) is 65.4 Å². The Kier molecular flexibility index (Phi) is 9.13. The van der Waals surface area contributed by atoms with Crippen LogP contribution in [0.2, 0.25) is 0 Å². The summed E-state index contributed by atoms with van der Waals surface area (Å²) in [5.74, 6) is -0.703. The van der Waals surface area contributed by atoms with Gasteiger partial charge in [-0.1, -0.05) is 39.5 Å². The molecular weight excluding hydrogens is 358 g/mol. The lowest BCUT2D eigenvalue weighted by molar-refractivity contribution is 0.613. The van der Waals surface area contributed by atoms with Gasteiger partial charge in [0.1, 0.15) is 17.7 Å². The van der Waals surface area contributed by atoms with Crippen LogP contribution in [0.4, 0.5) is 14.5 Å². The molecule has 0 spiro atoms. The molecule has 0 unspecified atom stereocenters. The van der Waals surface area contributed by atoms with Crippen molar-refractivity contribution < 1.29 is 8.78 Å². The number of allylic oxidation sites excluding steroid dienone is 5. The summed E-state index contributed by atoms with van der Waals surface area (Å²) >= 11 is 0. The summed E-state index contributed by atoms with van der Waals surface area (Å²) < 4.78 is 28.4. The summed E-state index contributed by atoms with van der Waals surface area (Å²) in [6, 6.07) is 6.57. The number of nitrogens with two attached hydrogens (primary N) is 1. The minimum absolute atomic E-state index is 0.000707.